The van der Waals surface area contributed by atoms with Crippen LogP contribution in [0.1, 0.15) is 48.3 Å². The predicted molar refractivity (Wildman–Crippen MR) is 119 cm³/mol. The fourth-order valence-corrected chi connectivity index (χ4v) is 3.81. The molecule has 0 aliphatic carbocycles. The molecule has 3 N–H and O–H groups in total. The van der Waals surface area contributed by atoms with Crippen molar-refractivity contribution in [3.63, 3.8) is 0 Å². The summed E-state index contributed by atoms with van der Waals surface area (Å²) in [6, 6.07) is 16.4. The van der Waals surface area contributed by atoms with Crippen LogP contribution in [-0.4, -0.2) is 53.9 Å². The van der Waals surface area contributed by atoms with Crippen LogP contribution in [0.25, 0.3) is 0 Å². The molecular weight excluding hydrogens is 374 g/mol. The van der Waals surface area contributed by atoms with Crippen molar-refractivity contribution in [3.05, 3.63) is 65.2 Å². The number of hydrogen-bond donors (Lipinski definition) is 1. The minimum Gasteiger partial charge on any atom is -0.412 e. The lowest BCUT2D eigenvalue weighted by atomic mass is 9.96. The van der Waals surface area contributed by atoms with Crippen molar-refractivity contribution < 1.29 is 10.3 Å². The van der Waals surface area contributed by atoms with Crippen LogP contribution in [0.3, 0.4) is 0 Å². The lowest BCUT2D eigenvalue weighted by Gasteiger charge is -2.30. The molecular formula is C22H32ClN3O2. The molecule has 154 valence electrons. The van der Waals surface area contributed by atoms with E-state index in [4.69, 9.17) is 0 Å². The van der Waals surface area contributed by atoms with Crippen LogP contribution in [0.2, 0.25) is 0 Å². The number of fused-ring (bicyclic) bond motifs is 1. The molecule has 1 heterocycles. The molecule has 0 aromatic heterocycles. The van der Waals surface area contributed by atoms with E-state index in [0.29, 0.717) is 0 Å². The zero-order valence-corrected chi connectivity index (χ0v) is 17.8. The third-order valence-electron chi connectivity index (χ3n) is 5.23. The topological polar surface area (TPSA) is 67.1 Å². The van der Waals surface area contributed by atoms with E-state index in [2.05, 4.69) is 55.3 Å². The molecule has 0 saturated carbocycles. The number of para-hydroxylation sites is 1. The van der Waals surface area contributed by atoms with Gasteiger partial charge in [0.25, 0.3) is 5.91 Å². The first-order valence-electron chi connectivity index (χ1n) is 9.66. The van der Waals surface area contributed by atoms with Gasteiger partial charge in [-0.15, -0.1) is 12.4 Å². The summed E-state index contributed by atoms with van der Waals surface area (Å²) < 4.78 is 0. The SMILES string of the molecule is CCNc1ccccc1C1c2ccccc2C(=O)N1CCN(CC)CC.Cl.O. The minimum atomic E-state index is -0.0236. The van der Waals surface area contributed by atoms with Gasteiger partial charge in [0.2, 0.25) is 0 Å². The Morgan fingerprint density at radius 2 is 1.57 bits per heavy atom. The summed E-state index contributed by atoms with van der Waals surface area (Å²) in [5.41, 5.74) is 4.23. The normalized spacial score (nSPS) is 15.1. The first kappa shape index (κ1) is 24.0. The Labute approximate surface area is 174 Å². The molecule has 1 amide bonds. The number of rotatable bonds is 8. The van der Waals surface area contributed by atoms with Crippen LogP contribution in [0.15, 0.2) is 48.5 Å². The summed E-state index contributed by atoms with van der Waals surface area (Å²) in [6.07, 6.45) is 0. The van der Waals surface area contributed by atoms with Crippen molar-refractivity contribution in [3.8, 4) is 0 Å². The Hall–Kier alpha value is -2.08. The molecule has 6 heteroatoms. The second-order valence-corrected chi connectivity index (χ2v) is 6.63. The number of amides is 1. The third kappa shape index (κ3) is 4.66. The van der Waals surface area contributed by atoms with E-state index in [1.54, 1.807) is 0 Å². The molecule has 3 rings (SSSR count). The summed E-state index contributed by atoms with van der Waals surface area (Å²) in [5.74, 6) is 0.143. The van der Waals surface area contributed by atoms with Crippen LogP contribution < -0.4 is 5.32 Å². The lowest BCUT2D eigenvalue weighted by Crippen LogP contribution is -2.37. The Kier molecular flexibility index (Phi) is 9.46. The van der Waals surface area contributed by atoms with E-state index in [0.717, 1.165) is 49.5 Å². The van der Waals surface area contributed by atoms with Crippen LogP contribution in [0.4, 0.5) is 5.69 Å². The van der Waals surface area contributed by atoms with Gasteiger partial charge in [-0.25, -0.2) is 0 Å². The Bertz CT molecular complexity index is 765. The molecule has 0 radical (unpaired) electrons. The van der Waals surface area contributed by atoms with Crippen LogP contribution >= 0.6 is 12.4 Å². The van der Waals surface area contributed by atoms with Crippen LogP contribution in [0.5, 0.6) is 0 Å². The highest BCUT2D eigenvalue weighted by molar-refractivity contribution is 6.00. The van der Waals surface area contributed by atoms with E-state index in [1.807, 2.05) is 29.2 Å². The number of hydrogen-bond acceptors (Lipinski definition) is 3. The zero-order valence-electron chi connectivity index (χ0n) is 16.9. The van der Waals surface area contributed by atoms with Gasteiger partial charge < -0.3 is 20.6 Å². The second kappa shape index (κ2) is 11.1. The van der Waals surface area contributed by atoms with Gasteiger partial charge in [0.05, 0.1) is 6.04 Å². The highest BCUT2D eigenvalue weighted by atomic mass is 35.5. The smallest absolute Gasteiger partial charge is 0.255 e. The average molecular weight is 406 g/mol. The number of nitrogens with one attached hydrogen (secondary N) is 1. The number of carbonyl (C=O) groups is 1. The fraction of sp³-hybridized carbons (Fsp3) is 0.409. The maximum Gasteiger partial charge on any atom is 0.255 e. The maximum absolute atomic E-state index is 13.1. The summed E-state index contributed by atoms with van der Waals surface area (Å²) in [5, 5.41) is 3.46. The molecule has 5 nitrogen and oxygen atoms in total. The highest BCUT2D eigenvalue weighted by Gasteiger charge is 2.38. The second-order valence-electron chi connectivity index (χ2n) is 6.63. The molecule has 28 heavy (non-hydrogen) atoms. The van der Waals surface area contributed by atoms with Gasteiger partial charge in [0.15, 0.2) is 0 Å². The first-order chi connectivity index (χ1) is 12.7. The number of anilines is 1. The monoisotopic (exact) mass is 405 g/mol. The van der Waals surface area contributed by atoms with E-state index < -0.39 is 0 Å². The number of likely N-dealkylation sites (N-methyl/N-ethyl adjacent to an activating group) is 1. The van der Waals surface area contributed by atoms with E-state index >= 15 is 0 Å². The molecule has 1 aliphatic rings. The Morgan fingerprint density at radius 1 is 0.964 bits per heavy atom. The lowest BCUT2D eigenvalue weighted by molar-refractivity contribution is 0.0730. The molecule has 2 aromatic rings. The third-order valence-corrected chi connectivity index (χ3v) is 5.23. The van der Waals surface area contributed by atoms with Gasteiger partial charge in [-0.2, -0.15) is 0 Å². The van der Waals surface area contributed by atoms with Gasteiger partial charge in [0, 0.05) is 36.4 Å². The van der Waals surface area contributed by atoms with Gasteiger partial charge in [-0.1, -0.05) is 50.2 Å². The molecule has 0 saturated heterocycles. The standard InChI is InChI=1S/C22H29N3O.ClH.H2O/c1-4-23-20-14-10-9-13-19(20)21-17-11-7-8-12-18(17)22(26)25(21)16-15-24(5-2)6-3;;/h7-14,21,23H,4-6,15-16H2,1-3H3;1H;1H2. The summed E-state index contributed by atoms with van der Waals surface area (Å²) in [6.45, 7) is 10.9. The van der Waals surface area contributed by atoms with Crippen molar-refractivity contribution in [1.29, 1.82) is 0 Å². The predicted octanol–water partition coefficient (Wildman–Crippen LogP) is 3.60. The molecule has 0 fully saturated rings. The Morgan fingerprint density at radius 3 is 2.21 bits per heavy atom. The summed E-state index contributed by atoms with van der Waals surface area (Å²) in [7, 11) is 0. The van der Waals surface area contributed by atoms with Gasteiger partial charge >= 0.3 is 0 Å². The van der Waals surface area contributed by atoms with Crippen molar-refractivity contribution >= 4 is 24.0 Å². The highest BCUT2D eigenvalue weighted by Crippen LogP contribution is 2.40. The number of halogens is 1. The molecule has 1 unspecified atom stereocenters. The zero-order chi connectivity index (χ0) is 18.5. The minimum absolute atomic E-state index is 0. The van der Waals surface area contributed by atoms with Crippen molar-refractivity contribution in [1.82, 2.24) is 9.80 Å². The number of benzene rings is 2. The van der Waals surface area contributed by atoms with E-state index in [1.165, 1.54) is 5.56 Å². The first-order valence-corrected chi connectivity index (χ1v) is 9.66. The van der Waals surface area contributed by atoms with Crippen molar-refractivity contribution in [2.24, 2.45) is 0 Å². The van der Waals surface area contributed by atoms with Crippen LogP contribution in [-0.2, 0) is 0 Å². The molecule has 1 aliphatic heterocycles. The molecule has 0 spiro atoms. The van der Waals surface area contributed by atoms with Gasteiger partial charge in [-0.05, 0) is 37.7 Å². The fourth-order valence-electron chi connectivity index (χ4n) is 3.81. The van der Waals surface area contributed by atoms with Crippen LogP contribution in [0, 0.1) is 0 Å². The quantitative estimate of drug-likeness (QED) is 0.729. The number of carbonyl (C=O) groups excluding carboxylic acids is 1. The van der Waals surface area contributed by atoms with Crippen molar-refractivity contribution in [2.45, 2.75) is 26.8 Å². The molecule has 1 atom stereocenters. The average Bonchev–Trinajstić information content (AvgIpc) is 2.96. The molecule has 2 aromatic carbocycles. The number of nitrogens with zero attached hydrogens (tertiary/aromatic N) is 2. The van der Waals surface area contributed by atoms with Gasteiger partial charge in [-0.3, -0.25) is 4.79 Å². The largest absolute Gasteiger partial charge is 0.412 e. The molecule has 0 bridgehead atoms. The van der Waals surface area contributed by atoms with E-state index in [-0.39, 0.29) is 29.8 Å². The van der Waals surface area contributed by atoms with Gasteiger partial charge in [0.1, 0.15) is 0 Å². The van der Waals surface area contributed by atoms with E-state index in [9.17, 15) is 4.79 Å². The maximum atomic E-state index is 13.1. The Balaban J connectivity index is 0.00000196. The van der Waals surface area contributed by atoms with Crippen molar-refractivity contribution in [2.75, 3.05) is 38.0 Å². The summed E-state index contributed by atoms with van der Waals surface area (Å²) >= 11 is 0. The summed E-state index contributed by atoms with van der Waals surface area (Å²) in [4.78, 5) is 17.5.